The van der Waals surface area contributed by atoms with Crippen molar-refractivity contribution >= 4 is 35.0 Å². The van der Waals surface area contributed by atoms with Crippen LogP contribution in [-0.4, -0.2) is 53.1 Å². The molecule has 40 heavy (non-hydrogen) atoms. The van der Waals surface area contributed by atoms with Gasteiger partial charge in [0.05, 0.1) is 36.5 Å². The molecule has 1 heterocycles. The van der Waals surface area contributed by atoms with Crippen molar-refractivity contribution in [3.05, 3.63) is 89.5 Å². The number of carboxylic acid groups (broad SMARTS) is 2. The van der Waals surface area contributed by atoms with E-state index in [1.54, 1.807) is 30.3 Å². The van der Waals surface area contributed by atoms with E-state index >= 15 is 0 Å². The molecule has 3 N–H and O–H groups in total. The van der Waals surface area contributed by atoms with Gasteiger partial charge in [-0.1, -0.05) is 36.4 Å². The summed E-state index contributed by atoms with van der Waals surface area (Å²) in [6, 6.07) is 21.4. The molecule has 0 fully saturated rings. The molecule has 0 saturated heterocycles. The minimum absolute atomic E-state index is 0.0316. The molecule has 0 aromatic heterocycles. The lowest BCUT2D eigenvalue weighted by molar-refractivity contribution is -0.145. The van der Waals surface area contributed by atoms with Crippen molar-refractivity contribution in [2.75, 3.05) is 23.5 Å². The first kappa shape index (κ1) is 28.3. The van der Waals surface area contributed by atoms with E-state index in [4.69, 9.17) is 14.7 Å². The van der Waals surface area contributed by atoms with Crippen LogP contribution in [0.4, 0.5) is 11.4 Å². The third kappa shape index (κ3) is 7.23. The van der Waals surface area contributed by atoms with Gasteiger partial charge in [-0.25, -0.2) is 4.79 Å². The van der Waals surface area contributed by atoms with E-state index in [1.807, 2.05) is 18.2 Å². The van der Waals surface area contributed by atoms with Gasteiger partial charge in [-0.2, -0.15) is 0 Å². The number of carbonyl (C=O) groups is 4. The second kappa shape index (κ2) is 13.4. The maximum atomic E-state index is 13.4. The summed E-state index contributed by atoms with van der Waals surface area (Å²) in [7, 11) is 0. The SMILES string of the molecule is O=C(O)CCC(=O)N1CC(C(=O)O)Oc2c(C(=O)c3ccc(NOCCCCc4ccccc4)cc3)cccc21. The number of ether oxygens (including phenoxy) is 1. The number of anilines is 2. The van der Waals surface area contributed by atoms with Crippen molar-refractivity contribution in [3.8, 4) is 5.75 Å². The van der Waals surface area contributed by atoms with Crippen molar-refractivity contribution in [1.29, 1.82) is 0 Å². The van der Waals surface area contributed by atoms with Crippen LogP contribution in [0.5, 0.6) is 5.75 Å². The molecular formula is C30H30N2O8. The number of carbonyl (C=O) groups excluding carboxylic acids is 2. The molecular weight excluding hydrogens is 516 g/mol. The largest absolute Gasteiger partial charge is 0.481 e. The number of carboxylic acids is 2. The second-order valence-corrected chi connectivity index (χ2v) is 9.30. The van der Waals surface area contributed by atoms with Gasteiger partial charge < -0.3 is 19.8 Å². The lowest BCUT2D eigenvalue weighted by Gasteiger charge is -2.34. The Kier molecular flexibility index (Phi) is 9.48. The molecule has 0 bridgehead atoms. The van der Waals surface area contributed by atoms with Crippen LogP contribution in [0.1, 0.15) is 47.2 Å². The van der Waals surface area contributed by atoms with E-state index in [2.05, 4.69) is 17.6 Å². The Morgan fingerprint density at radius 1 is 0.900 bits per heavy atom. The second-order valence-electron chi connectivity index (χ2n) is 9.30. The first-order valence-corrected chi connectivity index (χ1v) is 12.9. The zero-order chi connectivity index (χ0) is 28.5. The molecule has 3 aromatic carbocycles. The first-order chi connectivity index (χ1) is 19.3. The molecule has 1 atom stereocenters. The van der Waals surface area contributed by atoms with E-state index < -0.39 is 36.2 Å². The predicted molar refractivity (Wildman–Crippen MR) is 147 cm³/mol. The predicted octanol–water partition coefficient (Wildman–Crippen LogP) is 4.33. The van der Waals surface area contributed by atoms with Crippen molar-refractivity contribution in [1.82, 2.24) is 0 Å². The zero-order valence-electron chi connectivity index (χ0n) is 21.7. The van der Waals surface area contributed by atoms with Crippen LogP contribution in [0.25, 0.3) is 0 Å². The lowest BCUT2D eigenvalue weighted by Crippen LogP contribution is -2.47. The Morgan fingerprint density at radius 3 is 2.35 bits per heavy atom. The number of ketones is 1. The fraction of sp³-hybridized carbons (Fsp3) is 0.267. The summed E-state index contributed by atoms with van der Waals surface area (Å²) in [5, 5.41) is 18.5. The summed E-state index contributed by atoms with van der Waals surface area (Å²) >= 11 is 0. The van der Waals surface area contributed by atoms with Crippen LogP contribution in [-0.2, 0) is 25.6 Å². The molecule has 0 radical (unpaired) electrons. The highest BCUT2D eigenvalue weighted by molar-refractivity contribution is 6.13. The van der Waals surface area contributed by atoms with Crippen molar-refractivity contribution in [3.63, 3.8) is 0 Å². The van der Waals surface area contributed by atoms with E-state index in [0.29, 0.717) is 17.9 Å². The molecule has 4 rings (SSSR count). The van der Waals surface area contributed by atoms with E-state index in [0.717, 1.165) is 19.3 Å². The Bertz CT molecular complexity index is 1360. The average Bonchev–Trinajstić information content (AvgIpc) is 2.97. The number of hydrogen-bond acceptors (Lipinski definition) is 7. The molecule has 1 aliphatic rings. The van der Waals surface area contributed by atoms with Crippen LogP contribution in [0, 0.1) is 0 Å². The number of rotatable bonds is 13. The summed E-state index contributed by atoms with van der Waals surface area (Å²) in [5.74, 6) is -3.48. The van der Waals surface area contributed by atoms with Crippen molar-refractivity contribution in [2.45, 2.75) is 38.2 Å². The highest BCUT2D eigenvalue weighted by atomic mass is 16.6. The first-order valence-electron chi connectivity index (χ1n) is 12.9. The monoisotopic (exact) mass is 546 g/mol. The lowest BCUT2D eigenvalue weighted by atomic mass is 9.99. The number of nitrogens with zero attached hydrogens (tertiary/aromatic N) is 1. The fourth-order valence-corrected chi connectivity index (χ4v) is 4.32. The van der Waals surface area contributed by atoms with Gasteiger partial charge in [-0.3, -0.25) is 24.7 Å². The number of hydrogen-bond donors (Lipinski definition) is 3. The van der Waals surface area contributed by atoms with Gasteiger partial charge in [-0.15, -0.1) is 0 Å². The summed E-state index contributed by atoms with van der Waals surface area (Å²) in [6.45, 7) is 0.221. The minimum atomic E-state index is -1.41. The van der Waals surface area contributed by atoms with Crippen molar-refractivity contribution < 1.29 is 39.0 Å². The number of amides is 1. The molecule has 0 saturated carbocycles. The van der Waals surface area contributed by atoms with Crippen LogP contribution in [0.2, 0.25) is 0 Å². The summed E-state index contributed by atoms with van der Waals surface area (Å²) in [6.07, 6.45) is 0.725. The standard InChI is InChI=1S/C30H30N2O8/c33-26(16-17-27(34)35)32-19-25(30(37)38)40-29-23(10-6-11-24(29)32)28(36)21-12-14-22(15-13-21)31-39-18-5-4-9-20-7-2-1-3-8-20/h1-3,6-8,10-15,25,31H,4-5,9,16-19H2,(H,34,35)(H,37,38). The number of aryl methyl sites for hydroxylation is 1. The third-order valence-corrected chi connectivity index (χ3v) is 6.41. The van der Waals surface area contributed by atoms with Gasteiger partial charge in [0.2, 0.25) is 12.0 Å². The van der Waals surface area contributed by atoms with Gasteiger partial charge in [0.15, 0.2) is 11.5 Å². The fourth-order valence-electron chi connectivity index (χ4n) is 4.32. The third-order valence-electron chi connectivity index (χ3n) is 6.41. The number of benzene rings is 3. The van der Waals surface area contributed by atoms with E-state index in [1.165, 1.54) is 22.6 Å². The number of unbranched alkanes of at least 4 members (excludes halogenated alkanes) is 1. The smallest absolute Gasteiger partial charge is 0.346 e. The zero-order valence-corrected chi connectivity index (χ0v) is 21.7. The molecule has 208 valence electrons. The molecule has 0 spiro atoms. The minimum Gasteiger partial charge on any atom is -0.481 e. The highest BCUT2D eigenvalue weighted by Crippen LogP contribution is 2.38. The number of para-hydroxylation sites is 1. The van der Waals surface area contributed by atoms with Gasteiger partial charge in [0.25, 0.3) is 0 Å². The summed E-state index contributed by atoms with van der Waals surface area (Å²) < 4.78 is 5.65. The Labute approximate surface area is 231 Å². The molecule has 1 amide bonds. The van der Waals surface area contributed by atoms with Gasteiger partial charge in [0.1, 0.15) is 0 Å². The van der Waals surface area contributed by atoms with E-state index in [-0.39, 0.29) is 30.0 Å². The molecule has 3 aromatic rings. The average molecular weight is 547 g/mol. The topological polar surface area (TPSA) is 142 Å². The Morgan fingerprint density at radius 2 is 1.65 bits per heavy atom. The molecule has 10 nitrogen and oxygen atoms in total. The van der Waals surface area contributed by atoms with Crippen LogP contribution < -0.4 is 15.1 Å². The number of nitrogens with one attached hydrogen (secondary N) is 1. The van der Waals surface area contributed by atoms with Gasteiger partial charge >= 0.3 is 11.9 Å². The van der Waals surface area contributed by atoms with Crippen LogP contribution in [0.15, 0.2) is 72.8 Å². The molecule has 10 heteroatoms. The maximum absolute atomic E-state index is 13.4. The molecule has 0 aliphatic carbocycles. The molecule has 1 unspecified atom stereocenters. The van der Waals surface area contributed by atoms with Gasteiger partial charge in [-0.05, 0) is 61.2 Å². The quantitative estimate of drug-likeness (QED) is 0.162. The van der Waals surface area contributed by atoms with Crippen molar-refractivity contribution in [2.24, 2.45) is 0 Å². The van der Waals surface area contributed by atoms with Gasteiger partial charge in [0, 0.05) is 12.0 Å². The number of aliphatic carboxylic acids is 2. The number of fused-ring (bicyclic) bond motifs is 1. The van der Waals surface area contributed by atoms with Crippen LogP contribution >= 0.6 is 0 Å². The normalized spacial score (nSPS) is 14.1. The highest BCUT2D eigenvalue weighted by Gasteiger charge is 2.36. The Hall–Kier alpha value is -4.70. The maximum Gasteiger partial charge on any atom is 0.346 e. The molecule has 1 aliphatic heterocycles. The van der Waals surface area contributed by atoms with E-state index in [9.17, 15) is 24.3 Å². The Balaban J connectivity index is 1.40. The van der Waals surface area contributed by atoms with Crippen LogP contribution in [0.3, 0.4) is 0 Å². The summed E-state index contributed by atoms with van der Waals surface area (Å²) in [5.41, 5.74) is 5.45. The summed E-state index contributed by atoms with van der Waals surface area (Å²) in [4.78, 5) is 55.5.